The fourth-order valence-corrected chi connectivity index (χ4v) is 3.14. The van der Waals surface area contributed by atoms with Crippen molar-refractivity contribution in [2.45, 2.75) is 39.7 Å². The van der Waals surface area contributed by atoms with Gasteiger partial charge in [0.15, 0.2) is 0 Å². The molecular formula is C20H28N2O5. The Balaban J connectivity index is 2.04. The largest absolute Gasteiger partial charge is 0.481 e. The number of hydrogen-bond acceptors (Lipinski definition) is 4. The van der Waals surface area contributed by atoms with Crippen LogP contribution in [0.2, 0.25) is 0 Å². The lowest BCUT2D eigenvalue weighted by Crippen LogP contribution is -2.53. The van der Waals surface area contributed by atoms with Crippen LogP contribution in [-0.4, -0.2) is 48.7 Å². The van der Waals surface area contributed by atoms with E-state index in [9.17, 15) is 19.5 Å². The van der Waals surface area contributed by atoms with E-state index in [0.717, 1.165) is 5.56 Å². The molecule has 3 N–H and O–H groups in total. The molecule has 148 valence electrons. The number of ether oxygens (including phenoxy) is 1. The molecule has 1 unspecified atom stereocenters. The first kappa shape index (κ1) is 20.9. The third-order valence-corrected chi connectivity index (χ3v) is 5.02. The second-order valence-electron chi connectivity index (χ2n) is 7.48. The van der Waals surface area contributed by atoms with Gasteiger partial charge in [-0.3, -0.25) is 14.4 Å². The SMILES string of the molecule is Cc1cccc(C(=O)NC(C(=O)NCC2(C(=O)O)CCOCC2)C(C)C)c1. The molecule has 1 aliphatic heterocycles. The van der Waals surface area contributed by atoms with Crippen molar-refractivity contribution in [1.82, 2.24) is 10.6 Å². The summed E-state index contributed by atoms with van der Waals surface area (Å²) in [4.78, 5) is 36.9. The quantitative estimate of drug-likeness (QED) is 0.672. The molecule has 0 aromatic heterocycles. The summed E-state index contributed by atoms with van der Waals surface area (Å²) in [5.74, 6) is -1.78. The van der Waals surface area contributed by atoms with Crippen LogP contribution in [0.25, 0.3) is 0 Å². The van der Waals surface area contributed by atoms with Gasteiger partial charge in [-0.2, -0.15) is 0 Å². The zero-order valence-corrected chi connectivity index (χ0v) is 16.1. The minimum absolute atomic E-state index is 0.0219. The zero-order chi connectivity index (χ0) is 20.0. The van der Waals surface area contributed by atoms with Crippen molar-refractivity contribution in [3.63, 3.8) is 0 Å². The number of carbonyl (C=O) groups excluding carboxylic acids is 2. The van der Waals surface area contributed by atoms with Crippen LogP contribution in [0, 0.1) is 18.3 Å². The summed E-state index contributed by atoms with van der Waals surface area (Å²) in [6.07, 6.45) is 0.704. The predicted octanol–water partition coefficient (Wildman–Crippen LogP) is 1.75. The first-order chi connectivity index (χ1) is 12.7. The minimum Gasteiger partial charge on any atom is -0.481 e. The lowest BCUT2D eigenvalue weighted by Gasteiger charge is -2.34. The standard InChI is InChI=1S/C20H28N2O5/c1-13(2)16(22-17(23)15-6-4-5-14(3)11-15)18(24)21-12-20(19(25)26)7-9-27-10-8-20/h4-6,11,13,16H,7-10,12H2,1-3H3,(H,21,24)(H,22,23)(H,25,26). The predicted molar refractivity (Wildman–Crippen MR) is 100 cm³/mol. The summed E-state index contributed by atoms with van der Waals surface area (Å²) in [5, 5.41) is 15.1. The highest BCUT2D eigenvalue weighted by molar-refractivity contribution is 5.97. The van der Waals surface area contributed by atoms with Gasteiger partial charge in [-0.1, -0.05) is 31.5 Å². The fourth-order valence-electron chi connectivity index (χ4n) is 3.14. The topological polar surface area (TPSA) is 105 Å². The van der Waals surface area contributed by atoms with Crippen molar-refractivity contribution in [3.8, 4) is 0 Å². The van der Waals surface area contributed by atoms with E-state index in [0.29, 0.717) is 31.6 Å². The number of carbonyl (C=O) groups is 3. The molecule has 1 aliphatic rings. The second kappa shape index (κ2) is 8.99. The molecule has 1 heterocycles. The molecule has 0 aliphatic carbocycles. The summed E-state index contributed by atoms with van der Waals surface area (Å²) in [6, 6.07) is 6.38. The van der Waals surface area contributed by atoms with Crippen LogP contribution in [0.1, 0.15) is 42.6 Å². The van der Waals surface area contributed by atoms with Crippen molar-refractivity contribution in [2.24, 2.45) is 11.3 Å². The maximum atomic E-state index is 12.7. The Morgan fingerprint density at radius 2 is 1.89 bits per heavy atom. The van der Waals surface area contributed by atoms with Crippen molar-refractivity contribution in [2.75, 3.05) is 19.8 Å². The molecular weight excluding hydrogens is 348 g/mol. The van der Waals surface area contributed by atoms with E-state index in [4.69, 9.17) is 4.74 Å². The highest BCUT2D eigenvalue weighted by atomic mass is 16.5. The van der Waals surface area contributed by atoms with Crippen molar-refractivity contribution < 1.29 is 24.2 Å². The lowest BCUT2D eigenvalue weighted by atomic mass is 9.80. The molecule has 2 amide bonds. The first-order valence-corrected chi connectivity index (χ1v) is 9.21. The molecule has 1 aromatic rings. The number of aliphatic carboxylic acids is 1. The molecule has 27 heavy (non-hydrogen) atoms. The normalized spacial score (nSPS) is 17.2. The fraction of sp³-hybridized carbons (Fsp3) is 0.550. The van der Waals surface area contributed by atoms with Gasteiger partial charge in [0.1, 0.15) is 6.04 Å². The monoisotopic (exact) mass is 376 g/mol. The van der Waals surface area contributed by atoms with E-state index in [-0.39, 0.29) is 24.3 Å². The Morgan fingerprint density at radius 3 is 2.44 bits per heavy atom. The number of nitrogens with one attached hydrogen (secondary N) is 2. The number of hydrogen-bond donors (Lipinski definition) is 3. The molecule has 7 heteroatoms. The Kier molecular flexibility index (Phi) is 6.96. The van der Waals surface area contributed by atoms with Gasteiger partial charge < -0.3 is 20.5 Å². The van der Waals surface area contributed by atoms with E-state index in [1.807, 2.05) is 26.8 Å². The van der Waals surface area contributed by atoms with E-state index < -0.39 is 17.4 Å². The van der Waals surface area contributed by atoms with Gasteiger partial charge in [0.2, 0.25) is 5.91 Å². The van der Waals surface area contributed by atoms with Crippen LogP contribution >= 0.6 is 0 Å². The second-order valence-corrected chi connectivity index (χ2v) is 7.48. The molecule has 7 nitrogen and oxygen atoms in total. The molecule has 1 aromatic carbocycles. The van der Waals surface area contributed by atoms with Crippen LogP contribution in [0.15, 0.2) is 24.3 Å². The molecule has 0 saturated carbocycles. The van der Waals surface area contributed by atoms with Crippen LogP contribution in [0.5, 0.6) is 0 Å². The Labute approximate surface area is 159 Å². The first-order valence-electron chi connectivity index (χ1n) is 9.21. The molecule has 0 spiro atoms. The summed E-state index contributed by atoms with van der Waals surface area (Å²) in [5.41, 5.74) is 0.423. The summed E-state index contributed by atoms with van der Waals surface area (Å²) >= 11 is 0. The molecule has 1 saturated heterocycles. The van der Waals surface area contributed by atoms with Crippen LogP contribution in [0.3, 0.4) is 0 Å². The van der Waals surface area contributed by atoms with E-state index in [1.54, 1.807) is 18.2 Å². The third-order valence-electron chi connectivity index (χ3n) is 5.02. The third kappa shape index (κ3) is 5.29. The molecule has 0 bridgehead atoms. The summed E-state index contributed by atoms with van der Waals surface area (Å²) in [7, 11) is 0. The minimum atomic E-state index is -1.02. The van der Waals surface area contributed by atoms with E-state index >= 15 is 0 Å². The highest BCUT2D eigenvalue weighted by Crippen LogP contribution is 2.30. The van der Waals surface area contributed by atoms with Crippen molar-refractivity contribution >= 4 is 17.8 Å². The molecule has 1 fully saturated rings. The Morgan fingerprint density at radius 1 is 1.22 bits per heavy atom. The average molecular weight is 376 g/mol. The van der Waals surface area contributed by atoms with Crippen LogP contribution < -0.4 is 10.6 Å². The lowest BCUT2D eigenvalue weighted by molar-refractivity contribution is -0.154. The molecule has 2 rings (SSSR count). The summed E-state index contributed by atoms with van der Waals surface area (Å²) in [6.45, 7) is 6.31. The van der Waals surface area contributed by atoms with Gasteiger partial charge in [0, 0.05) is 25.3 Å². The maximum Gasteiger partial charge on any atom is 0.311 e. The number of aryl methyl sites for hydroxylation is 1. The van der Waals surface area contributed by atoms with E-state index in [1.165, 1.54) is 0 Å². The smallest absolute Gasteiger partial charge is 0.311 e. The average Bonchev–Trinajstić information content (AvgIpc) is 2.64. The zero-order valence-electron chi connectivity index (χ0n) is 16.1. The Hall–Kier alpha value is -2.41. The number of carboxylic acids is 1. The van der Waals surface area contributed by atoms with Crippen molar-refractivity contribution in [1.29, 1.82) is 0 Å². The van der Waals surface area contributed by atoms with Gasteiger partial charge in [0.25, 0.3) is 5.91 Å². The van der Waals surface area contributed by atoms with Gasteiger partial charge in [0.05, 0.1) is 5.41 Å². The number of rotatable bonds is 7. The van der Waals surface area contributed by atoms with Crippen LogP contribution in [0.4, 0.5) is 0 Å². The van der Waals surface area contributed by atoms with Crippen molar-refractivity contribution in [3.05, 3.63) is 35.4 Å². The van der Waals surface area contributed by atoms with E-state index in [2.05, 4.69) is 10.6 Å². The summed E-state index contributed by atoms with van der Waals surface area (Å²) < 4.78 is 5.25. The number of amides is 2. The van der Waals surface area contributed by atoms with Gasteiger partial charge in [-0.25, -0.2) is 0 Å². The van der Waals surface area contributed by atoms with Crippen LogP contribution in [-0.2, 0) is 14.3 Å². The number of carboxylic acid groups (broad SMARTS) is 1. The maximum absolute atomic E-state index is 12.7. The van der Waals surface area contributed by atoms with Gasteiger partial charge in [-0.15, -0.1) is 0 Å². The highest BCUT2D eigenvalue weighted by Gasteiger charge is 2.41. The van der Waals surface area contributed by atoms with Gasteiger partial charge >= 0.3 is 5.97 Å². The molecule has 1 atom stereocenters. The Bertz CT molecular complexity index is 695. The number of benzene rings is 1. The van der Waals surface area contributed by atoms with Gasteiger partial charge in [-0.05, 0) is 37.8 Å². The molecule has 0 radical (unpaired) electrons.